The van der Waals surface area contributed by atoms with Crippen molar-refractivity contribution < 1.29 is 9.59 Å². The Bertz CT molecular complexity index is 126. The van der Waals surface area contributed by atoms with E-state index in [-0.39, 0.29) is 19.0 Å². The Labute approximate surface area is 57.4 Å². The Hall–Kier alpha value is -0.610. The molecule has 0 atom stereocenters. The molecule has 1 amide bonds. The summed E-state index contributed by atoms with van der Waals surface area (Å²) in [6.45, 7) is -0.276. The maximum absolute atomic E-state index is 10.3. The van der Waals surface area contributed by atoms with Crippen molar-refractivity contribution in [2.45, 2.75) is 0 Å². The molecule has 0 aromatic rings. The van der Waals surface area contributed by atoms with Crippen LogP contribution in [0.4, 0.5) is 0 Å². The van der Waals surface area contributed by atoms with E-state index in [0.29, 0.717) is 0 Å². The Morgan fingerprint density at radius 2 is 2.11 bits per heavy atom. The van der Waals surface area contributed by atoms with Gasteiger partial charge in [0.1, 0.15) is 0 Å². The molecule has 0 heterocycles. The first-order valence-corrected chi connectivity index (χ1v) is 2.69. The number of halogens is 1. The summed E-state index contributed by atoms with van der Waals surface area (Å²) >= 11 is 4.88. The summed E-state index contributed by atoms with van der Waals surface area (Å²) in [5, 5.41) is 1.59. The minimum atomic E-state index is -0.600. The van der Waals surface area contributed by atoms with Gasteiger partial charge in [0.25, 0.3) is 0 Å². The first-order chi connectivity index (χ1) is 4.16. The first kappa shape index (κ1) is 8.39. The highest BCUT2D eigenvalue weighted by molar-refractivity contribution is 6.64. The van der Waals surface area contributed by atoms with Crippen molar-refractivity contribution in [3.05, 3.63) is 0 Å². The zero-order valence-corrected chi connectivity index (χ0v) is 5.44. The van der Waals surface area contributed by atoms with Gasteiger partial charge in [-0.15, -0.1) is 0 Å². The van der Waals surface area contributed by atoms with Gasteiger partial charge in [-0.1, -0.05) is 0 Å². The molecule has 0 aromatic heterocycles. The quantitative estimate of drug-likeness (QED) is 0.498. The van der Waals surface area contributed by atoms with Crippen LogP contribution in [-0.4, -0.2) is 24.2 Å². The Balaban J connectivity index is 3.28. The van der Waals surface area contributed by atoms with Crippen LogP contribution in [0, 0.1) is 0 Å². The molecule has 4 nitrogen and oxygen atoms in total. The number of nitrogens with one attached hydrogen (secondary N) is 1. The van der Waals surface area contributed by atoms with E-state index in [9.17, 15) is 9.59 Å². The van der Waals surface area contributed by atoms with E-state index < -0.39 is 5.24 Å². The van der Waals surface area contributed by atoms with Gasteiger partial charge >= 0.3 is 0 Å². The van der Waals surface area contributed by atoms with E-state index in [1.165, 1.54) is 0 Å². The van der Waals surface area contributed by atoms with Crippen LogP contribution < -0.4 is 11.1 Å². The third-order valence-corrected chi connectivity index (χ3v) is 0.744. The van der Waals surface area contributed by atoms with Crippen molar-refractivity contribution in [2.75, 3.05) is 13.1 Å². The van der Waals surface area contributed by atoms with Crippen LogP contribution in [0.1, 0.15) is 0 Å². The van der Waals surface area contributed by atoms with E-state index >= 15 is 0 Å². The summed E-state index contributed by atoms with van der Waals surface area (Å²) < 4.78 is 0. The SMILES string of the molecule is NCC(=O)NCC(=O)Cl. The highest BCUT2D eigenvalue weighted by atomic mass is 35.5. The lowest BCUT2D eigenvalue weighted by atomic mass is 10.6. The number of amides is 1. The van der Waals surface area contributed by atoms with Gasteiger partial charge in [0, 0.05) is 0 Å². The molecular weight excluding hydrogens is 144 g/mol. The molecule has 9 heavy (non-hydrogen) atoms. The summed E-state index contributed by atoms with van der Waals surface area (Å²) in [5.74, 6) is -0.385. The lowest BCUT2D eigenvalue weighted by Gasteiger charge is -1.95. The van der Waals surface area contributed by atoms with Crippen LogP contribution in [0.5, 0.6) is 0 Å². The van der Waals surface area contributed by atoms with Crippen molar-refractivity contribution in [1.29, 1.82) is 0 Å². The van der Waals surface area contributed by atoms with Crippen molar-refractivity contribution in [2.24, 2.45) is 5.73 Å². The van der Waals surface area contributed by atoms with Crippen molar-refractivity contribution in [3.63, 3.8) is 0 Å². The van der Waals surface area contributed by atoms with Gasteiger partial charge in [0.2, 0.25) is 11.1 Å². The van der Waals surface area contributed by atoms with E-state index in [1.54, 1.807) is 0 Å². The summed E-state index contributed by atoms with van der Waals surface area (Å²) in [7, 11) is 0. The van der Waals surface area contributed by atoms with Gasteiger partial charge in [-0.05, 0) is 11.6 Å². The fourth-order valence-electron chi connectivity index (χ4n) is 0.240. The molecule has 0 aliphatic heterocycles. The second-order valence-corrected chi connectivity index (χ2v) is 1.76. The van der Waals surface area contributed by atoms with Gasteiger partial charge in [-0.3, -0.25) is 9.59 Å². The maximum atomic E-state index is 10.3. The van der Waals surface area contributed by atoms with E-state index in [1.807, 2.05) is 0 Å². The highest BCUT2D eigenvalue weighted by Crippen LogP contribution is 1.73. The number of rotatable bonds is 3. The number of hydrogen-bond donors (Lipinski definition) is 2. The summed E-state index contributed by atoms with van der Waals surface area (Å²) in [6.07, 6.45) is 0. The van der Waals surface area contributed by atoms with Crippen molar-refractivity contribution in [3.8, 4) is 0 Å². The number of carbonyl (C=O) groups is 2. The molecule has 3 N–H and O–H groups in total. The monoisotopic (exact) mass is 150 g/mol. The van der Waals surface area contributed by atoms with Gasteiger partial charge in [0.05, 0.1) is 13.1 Å². The van der Waals surface area contributed by atoms with Gasteiger partial charge in [-0.25, -0.2) is 0 Å². The molecule has 0 spiro atoms. The molecular formula is C4H7ClN2O2. The van der Waals surface area contributed by atoms with Crippen LogP contribution in [0.25, 0.3) is 0 Å². The lowest BCUT2D eigenvalue weighted by molar-refractivity contribution is -0.121. The normalized spacial score (nSPS) is 8.67. The third-order valence-electron chi connectivity index (χ3n) is 0.610. The second kappa shape index (κ2) is 4.29. The van der Waals surface area contributed by atoms with Gasteiger partial charge in [-0.2, -0.15) is 0 Å². The average Bonchev–Trinajstić information content (AvgIpc) is 1.83. The molecule has 0 bridgehead atoms. The second-order valence-electron chi connectivity index (χ2n) is 1.34. The average molecular weight is 151 g/mol. The molecule has 5 heteroatoms. The summed E-state index contributed by atoms with van der Waals surface area (Å²) in [4.78, 5) is 20.2. The molecule has 0 aliphatic carbocycles. The minimum Gasteiger partial charge on any atom is -0.347 e. The molecule has 0 saturated heterocycles. The fourth-order valence-corrected chi connectivity index (χ4v) is 0.307. The predicted octanol–water partition coefficient (Wildman–Crippen LogP) is -1.17. The number of nitrogens with two attached hydrogens (primary N) is 1. The topological polar surface area (TPSA) is 72.2 Å². The van der Waals surface area contributed by atoms with E-state index in [0.717, 1.165) is 0 Å². The van der Waals surface area contributed by atoms with Crippen LogP contribution >= 0.6 is 11.6 Å². The molecule has 52 valence electrons. The van der Waals surface area contributed by atoms with Gasteiger partial charge in [0.15, 0.2) is 0 Å². The van der Waals surface area contributed by atoms with Crippen LogP contribution in [0.3, 0.4) is 0 Å². The minimum absolute atomic E-state index is 0.121. The van der Waals surface area contributed by atoms with Gasteiger partial charge < -0.3 is 11.1 Å². The Kier molecular flexibility index (Phi) is 4.00. The predicted molar refractivity (Wildman–Crippen MR) is 32.9 cm³/mol. The lowest BCUT2D eigenvalue weighted by Crippen LogP contribution is -2.32. The number of hydrogen-bond acceptors (Lipinski definition) is 3. The van der Waals surface area contributed by atoms with Crippen LogP contribution in [0.15, 0.2) is 0 Å². The zero-order valence-electron chi connectivity index (χ0n) is 4.69. The van der Waals surface area contributed by atoms with E-state index in [4.69, 9.17) is 17.3 Å². The third kappa shape index (κ3) is 5.26. The molecule has 0 aromatic carbocycles. The number of carbonyl (C=O) groups excluding carboxylic acids is 2. The maximum Gasteiger partial charge on any atom is 0.240 e. The molecule has 0 rings (SSSR count). The summed E-state index contributed by atoms with van der Waals surface area (Å²) in [5.41, 5.74) is 4.89. The molecule has 0 unspecified atom stereocenters. The standard InChI is InChI=1S/C4H7ClN2O2/c5-3(8)2-7-4(9)1-6/h1-2,6H2,(H,7,9). The Morgan fingerprint density at radius 1 is 1.56 bits per heavy atom. The molecule has 0 saturated carbocycles. The summed E-state index contributed by atoms with van der Waals surface area (Å²) in [6, 6.07) is 0. The highest BCUT2D eigenvalue weighted by Gasteiger charge is 1.98. The Morgan fingerprint density at radius 3 is 2.44 bits per heavy atom. The zero-order chi connectivity index (χ0) is 7.28. The van der Waals surface area contributed by atoms with Crippen molar-refractivity contribution in [1.82, 2.24) is 5.32 Å². The van der Waals surface area contributed by atoms with Crippen LogP contribution in [0.2, 0.25) is 0 Å². The molecule has 0 aliphatic rings. The first-order valence-electron chi connectivity index (χ1n) is 2.32. The molecule has 0 fully saturated rings. The smallest absolute Gasteiger partial charge is 0.240 e. The largest absolute Gasteiger partial charge is 0.347 e. The fraction of sp³-hybridized carbons (Fsp3) is 0.500. The van der Waals surface area contributed by atoms with Crippen molar-refractivity contribution >= 4 is 22.8 Å². The molecule has 0 radical (unpaired) electrons. The van der Waals surface area contributed by atoms with Crippen LogP contribution in [-0.2, 0) is 9.59 Å². The van der Waals surface area contributed by atoms with E-state index in [2.05, 4.69) is 5.32 Å².